The number of allylic oxidation sites excluding steroid dienone is 2. The molecular formula is C18H20N4O2S. The Morgan fingerprint density at radius 3 is 2.80 bits per heavy atom. The van der Waals surface area contributed by atoms with Crippen LogP contribution in [-0.4, -0.2) is 31.4 Å². The molecule has 1 aromatic carbocycles. The van der Waals surface area contributed by atoms with Crippen LogP contribution in [-0.2, 0) is 4.79 Å². The number of rotatable bonds is 3. The number of ketones is 1. The smallest absolute Gasteiger partial charge is 0.227 e. The molecule has 2 atom stereocenters. The number of carbonyl (C=O) groups is 1. The molecule has 0 unspecified atom stereocenters. The minimum absolute atomic E-state index is 0.158. The van der Waals surface area contributed by atoms with Crippen molar-refractivity contribution in [3.8, 4) is 5.75 Å². The van der Waals surface area contributed by atoms with Gasteiger partial charge in [-0.1, -0.05) is 37.7 Å². The summed E-state index contributed by atoms with van der Waals surface area (Å²) in [6, 6.07) is 6.68. The summed E-state index contributed by atoms with van der Waals surface area (Å²) in [6.07, 6.45) is 1.38. The molecular weight excluding hydrogens is 336 g/mol. The average Bonchev–Trinajstić information content (AvgIpc) is 2.96. The maximum atomic E-state index is 12.8. The Labute approximate surface area is 150 Å². The van der Waals surface area contributed by atoms with E-state index in [2.05, 4.69) is 29.2 Å². The number of aromatic nitrogens is 3. The Bertz CT molecular complexity index is 856. The number of anilines is 1. The molecule has 0 fully saturated rings. The van der Waals surface area contributed by atoms with E-state index < -0.39 is 0 Å². The first-order valence-electron chi connectivity index (χ1n) is 8.48. The van der Waals surface area contributed by atoms with Crippen molar-refractivity contribution in [2.24, 2.45) is 5.92 Å². The van der Waals surface area contributed by atoms with E-state index in [0.717, 1.165) is 29.0 Å². The van der Waals surface area contributed by atoms with Crippen molar-refractivity contribution in [1.82, 2.24) is 14.8 Å². The van der Waals surface area contributed by atoms with Gasteiger partial charge in [-0.25, -0.2) is 4.68 Å². The zero-order chi connectivity index (χ0) is 17.6. The number of hydrogen-bond donors (Lipinski definition) is 2. The zero-order valence-electron chi connectivity index (χ0n) is 14.2. The Hall–Kier alpha value is -2.28. The molecule has 1 aromatic heterocycles. The molecule has 6 nitrogen and oxygen atoms in total. The van der Waals surface area contributed by atoms with E-state index in [9.17, 15) is 9.90 Å². The van der Waals surface area contributed by atoms with Gasteiger partial charge < -0.3 is 10.4 Å². The van der Waals surface area contributed by atoms with Gasteiger partial charge in [-0.3, -0.25) is 4.79 Å². The minimum Gasteiger partial charge on any atom is -0.508 e. The third-order valence-electron chi connectivity index (χ3n) is 4.59. The lowest BCUT2D eigenvalue weighted by Crippen LogP contribution is -2.33. The molecule has 2 aliphatic rings. The highest BCUT2D eigenvalue weighted by Crippen LogP contribution is 2.42. The van der Waals surface area contributed by atoms with Crippen LogP contribution in [0.25, 0.3) is 0 Å². The van der Waals surface area contributed by atoms with Gasteiger partial charge in [0, 0.05) is 17.7 Å². The molecule has 2 heterocycles. The fraction of sp³-hybridized carbons (Fsp3) is 0.389. The monoisotopic (exact) mass is 356 g/mol. The highest BCUT2D eigenvalue weighted by Gasteiger charge is 2.38. The molecule has 4 rings (SSSR count). The van der Waals surface area contributed by atoms with Crippen LogP contribution in [0.15, 0.2) is 40.7 Å². The van der Waals surface area contributed by atoms with Gasteiger partial charge in [-0.2, -0.15) is 4.98 Å². The molecule has 0 saturated heterocycles. The number of fused-ring (bicyclic) bond motifs is 1. The lowest BCUT2D eigenvalue weighted by molar-refractivity contribution is -0.117. The van der Waals surface area contributed by atoms with Crippen molar-refractivity contribution in [1.29, 1.82) is 0 Å². The van der Waals surface area contributed by atoms with E-state index >= 15 is 0 Å². The highest BCUT2D eigenvalue weighted by atomic mass is 32.2. The van der Waals surface area contributed by atoms with Crippen LogP contribution in [0.5, 0.6) is 5.75 Å². The number of hydrogen-bond acceptors (Lipinski definition) is 6. The van der Waals surface area contributed by atoms with Gasteiger partial charge in [-0.05, 0) is 35.8 Å². The van der Waals surface area contributed by atoms with Gasteiger partial charge in [0.2, 0.25) is 11.1 Å². The number of Topliss-reactive ketones (excluding diaryl/α,β-unsaturated/α-hetero) is 1. The van der Waals surface area contributed by atoms with Crippen molar-refractivity contribution in [2.45, 2.75) is 37.9 Å². The lowest BCUT2D eigenvalue weighted by Gasteiger charge is -2.34. The number of thioether (sulfide) groups is 1. The van der Waals surface area contributed by atoms with Gasteiger partial charge >= 0.3 is 0 Å². The molecule has 0 saturated carbocycles. The summed E-state index contributed by atoms with van der Waals surface area (Å²) < 4.78 is 1.80. The Morgan fingerprint density at radius 2 is 2.08 bits per heavy atom. The number of carbonyl (C=O) groups excluding carboxylic acids is 1. The van der Waals surface area contributed by atoms with Gasteiger partial charge in [-0.15, -0.1) is 5.10 Å². The summed E-state index contributed by atoms with van der Waals surface area (Å²) in [6.45, 7) is 4.15. The number of phenolic OH excluding ortho intramolecular Hbond substituents is 1. The van der Waals surface area contributed by atoms with E-state index in [4.69, 9.17) is 0 Å². The van der Waals surface area contributed by atoms with E-state index in [1.807, 2.05) is 12.1 Å². The van der Waals surface area contributed by atoms with Crippen LogP contribution >= 0.6 is 11.8 Å². The molecule has 2 N–H and O–H groups in total. The third-order valence-corrected chi connectivity index (χ3v) is 5.31. The standard InChI is InChI=1S/C18H20N4O2S/c1-3-25-18-20-17-19-13-8-10(2)9-14(24)15(13)16(22(17)21-18)11-4-6-12(23)7-5-11/h4-7,10,16,23H,3,8-9H2,1-2H3,(H,19,20,21)/t10-,16-/m1/s1. The van der Waals surface area contributed by atoms with E-state index in [1.54, 1.807) is 28.6 Å². The summed E-state index contributed by atoms with van der Waals surface area (Å²) in [5.41, 5.74) is 2.65. The fourth-order valence-electron chi connectivity index (χ4n) is 3.54. The molecule has 0 bridgehead atoms. The van der Waals surface area contributed by atoms with Crippen molar-refractivity contribution >= 4 is 23.5 Å². The van der Waals surface area contributed by atoms with E-state index in [-0.39, 0.29) is 17.6 Å². The van der Waals surface area contributed by atoms with Crippen LogP contribution in [0.3, 0.4) is 0 Å². The van der Waals surface area contributed by atoms with Crippen molar-refractivity contribution in [2.75, 3.05) is 11.1 Å². The molecule has 2 aromatic rings. The molecule has 25 heavy (non-hydrogen) atoms. The van der Waals surface area contributed by atoms with Crippen molar-refractivity contribution in [3.63, 3.8) is 0 Å². The largest absolute Gasteiger partial charge is 0.508 e. The molecule has 7 heteroatoms. The van der Waals surface area contributed by atoms with Gasteiger partial charge in [0.05, 0.1) is 0 Å². The van der Waals surface area contributed by atoms with Crippen LogP contribution in [0.1, 0.15) is 38.3 Å². The third kappa shape index (κ3) is 2.82. The van der Waals surface area contributed by atoms with Crippen LogP contribution < -0.4 is 5.32 Å². The minimum atomic E-state index is -0.300. The summed E-state index contributed by atoms with van der Waals surface area (Å²) in [5.74, 6) is 2.24. The first kappa shape index (κ1) is 16.2. The maximum Gasteiger partial charge on any atom is 0.227 e. The van der Waals surface area contributed by atoms with Crippen LogP contribution in [0.2, 0.25) is 0 Å². The zero-order valence-corrected chi connectivity index (χ0v) is 15.0. The summed E-state index contributed by atoms with van der Waals surface area (Å²) in [7, 11) is 0. The fourth-order valence-corrected chi connectivity index (χ4v) is 4.10. The SMILES string of the molecule is CCSc1nc2n(n1)[C@H](c1ccc(O)cc1)C1=C(C[C@@H](C)CC1=O)N2. The Balaban J connectivity index is 1.86. The van der Waals surface area contributed by atoms with Crippen molar-refractivity contribution < 1.29 is 9.90 Å². The summed E-state index contributed by atoms with van der Waals surface area (Å²) in [5, 5.41) is 18.3. The topological polar surface area (TPSA) is 80.0 Å². The molecule has 0 radical (unpaired) electrons. The number of phenols is 1. The number of aromatic hydroxyl groups is 1. The quantitative estimate of drug-likeness (QED) is 0.821. The predicted octanol–water partition coefficient (Wildman–Crippen LogP) is 3.36. The Kier molecular flexibility index (Phi) is 4.03. The van der Waals surface area contributed by atoms with Gasteiger partial charge in [0.15, 0.2) is 5.78 Å². The van der Waals surface area contributed by atoms with Gasteiger partial charge in [0.1, 0.15) is 11.8 Å². The second-order valence-corrected chi connectivity index (χ2v) is 7.77. The number of benzene rings is 1. The average molecular weight is 356 g/mol. The molecule has 1 aliphatic heterocycles. The second kappa shape index (κ2) is 6.22. The van der Waals surface area contributed by atoms with Gasteiger partial charge in [0.25, 0.3) is 0 Å². The van der Waals surface area contributed by atoms with Crippen molar-refractivity contribution in [3.05, 3.63) is 41.1 Å². The number of nitrogens with one attached hydrogen (secondary N) is 1. The highest BCUT2D eigenvalue weighted by molar-refractivity contribution is 7.99. The predicted molar refractivity (Wildman–Crippen MR) is 96.7 cm³/mol. The van der Waals surface area contributed by atoms with Crippen LogP contribution in [0.4, 0.5) is 5.95 Å². The summed E-state index contributed by atoms with van der Waals surface area (Å²) in [4.78, 5) is 17.4. The maximum absolute atomic E-state index is 12.8. The second-order valence-electron chi connectivity index (χ2n) is 6.54. The molecule has 0 spiro atoms. The molecule has 1 aliphatic carbocycles. The number of nitrogens with zero attached hydrogens (tertiary/aromatic N) is 3. The summed E-state index contributed by atoms with van der Waals surface area (Å²) >= 11 is 1.58. The lowest BCUT2D eigenvalue weighted by atomic mass is 9.81. The Morgan fingerprint density at radius 1 is 1.32 bits per heavy atom. The molecule has 130 valence electrons. The first-order valence-corrected chi connectivity index (χ1v) is 9.47. The van der Waals surface area contributed by atoms with E-state index in [0.29, 0.717) is 23.4 Å². The van der Waals surface area contributed by atoms with Crippen LogP contribution in [0, 0.1) is 5.92 Å². The van der Waals surface area contributed by atoms with E-state index in [1.165, 1.54) is 0 Å². The first-order chi connectivity index (χ1) is 12.1. The molecule has 0 amide bonds. The normalized spacial score (nSPS) is 22.4.